The minimum absolute atomic E-state index is 0.244. The van der Waals surface area contributed by atoms with E-state index >= 15 is 0 Å². The molecule has 132 valence electrons. The molecule has 2 unspecified atom stereocenters. The number of unbranched alkanes of at least 4 members (excludes halogenated alkanes) is 3. The summed E-state index contributed by atoms with van der Waals surface area (Å²) in [6.07, 6.45) is 12.8. The van der Waals surface area contributed by atoms with Crippen molar-refractivity contribution in [2.75, 3.05) is 19.3 Å². The topological polar surface area (TPSA) is 6.48 Å². The van der Waals surface area contributed by atoms with E-state index in [9.17, 15) is 0 Å². The van der Waals surface area contributed by atoms with Gasteiger partial charge in [-0.3, -0.25) is 9.80 Å². The standard InChI is InChI=1S/C19H40N2S/c1-17(13-9-6-7-12-16-22)21(19(2,3)4)18-14-10-8-11-15-20(18)5/h17-18,22H,6-16H2,1-5H3. The first-order valence-corrected chi connectivity index (χ1v) is 10.1. The molecule has 22 heavy (non-hydrogen) atoms. The predicted octanol–water partition coefficient (Wildman–Crippen LogP) is 5.19. The molecule has 0 radical (unpaired) electrons. The molecule has 0 N–H and O–H groups in total. The summed E-state index contributed by atoms with van der Waals surface area (Å²) in [5.74, 6) is 1.04. The average Bonchev–Trinajstić information content (AvgIpc) is 2.63. The molecular formula is C19H40N2S. The van der Waals surface area contributed by atoms with E-state index in [1.54, 1.807) is 0 Å². The van der Waals surface area contributed by atoms with Crippen molar-refractivity contribution >= 4 is 12.6 Å². The van der Waals surface area contributed by atoms with Crippen molar-refractivity contribution in [2.24, 2.45) is 0 Å². The van der Waals surface area contributed by atoms with Crippen LogP contribution >= 0.6 is 12.6 Å². The van der Waals surface area contributed by atoms with Crippen LogP contribution in [-0.4, -0.2) is 46.9 Å². The number of hydrogen-bond acceptors (Lipinski definition) is 3. The molecule has 1 aliphatic heterocycles. The Labute approximate surface area is 145 Å². The van der Waals surface area contributed by atoms with Gasteiger partial charge in [0.2, 0.25) is 0 Å². The van der Waals surface area contributed by atoms with E-state index in [0.29, 0.717) is 12.2 Å². The van der Waals surface area contributed by atoms with Crippen LogP contribution in [0.2, 0.25) is 0 Å². The highest BCUT2D eigenvalue weighted by atomic mass is 32.1. The van der Waals surface area contributed by atoms with Crippen molar-refractivity contribution in [3.05, 3.63) is 0 Å². The van der Waals surface area contributed by atoms with E-state index in [1.807, 2.05) is 0 Å². The number of thiol groups is 1. The van der Waals surface area contributed by atoms with Gasteiger partial charge in [-0.1, -0.05) is 32.1 Å². The molecule has 0 aromatic heterocycles. The lowest BCUT2D eigenvalue weighted by atomic mass is 9.97. The second kappa shape index (κ2) is 10.2. The van der Waals surface area contributed by atoms with Crippen LogP contribution in [0.3, 0.4) is 0 Å². The van der Waals surface area contributed by atoms with E-state index in [2.05, 4.69) is 57.2 Å². The van der Waals surface area contributed by atoms with Gasteiger partial charge in [-0.25, -0.2) is 0 Å². The Balaban J connectivity index is 2.62. The van der Waals surface area contributed by atoms with Gasteiger partial charge in [0.15, 0.2) is 0 Å². The molecule has 0 saturated carbocycles. The molecule has 0 aromatic rings. The van der Waals surface area contributed by atoms with Crippen LogP contribution in [0, 0.1) is 0 Å². The zero-order chi connectivity index (χ0) is 16.6. The lowest BCUT2D eigenvalue weighted by Gasteiger charge is -2.48. The number of rotatable bonds is 8. The second-order valence-electron chi connectivity index (χ2n) is 8.16. The van der Waals surface area contributed by atoms with Crippen molar-refractivity contribution in [1.82, 2.24) is 9.80 Å². The molecule has 1 aliphatic rings. The summed E-state index contributed by atoms with van der Waals surface area (Å²) in [5.41, 5.74) is 0.244. The van der Waals surface area contributed by atoms with Gasteiger partial charge >= 0.3 is 0 Å². The van der Waals surface area contributed by atoms with Gasteiger partial charge in [0.25, 0.3) is 0 Å². The van der Waals surface area contributed by atoms with Crippen LogP contribution in [0.1, 0.15) is 85.5 Å². The molecule has 2 atom stereocenters. The van der Waals surface area contributed by atoms with E-state index in [-0.39, 0.29) is 5.54 Å². The molecular weight excluding hydrogens is 288 g/mol. The van der Waals surface area contributed by atoms with Crippen LogP contribution in [0.4, 0.5) is 0 Å². The second-order valence-corrected chi connectivity index (χ2v) is 8.61. The van der Waals surface area contributed by atoms with Crippen molar-refractivity contribution in [3.63, 3.8) is 0 Å². The summed E-state index contributed by atoms with van der Waals surface area (Å²) < 4.78 is 0. The third kappa shape index (κ3) is 6.80. The summed E-state index contributed by atoms with van der Waals surface area (Å²) in [4.78, 5) is 5.41. The Hall–Kier alpha value is 0.270. The van der Waals surface area contributed by atoms with Crippen molar-refractivity contribution in [2.45, 2.75) is 103 Å². The maximum atomic E-state index is 4.31. The Bertz CT molecular complexity index is 288. The molecule has 1 heterocycles. The van der Waals surface area contributed by atoms with E-state index in [0.717, 1.165) is 5.75 Å². The zero-order valence-corrected chi connectivity index (χ0v) is 16.7. The maximum absolute atomic E-state index is 4.31. The van der Waals surface area contributed by atoms with E-state index in [1.165, 1.54) is 64.3 Å². The summed E-state index contributed by atoms with van der Waals surface area (Å²) in [6.45, 7) is 10.9. The van der Waals surface area contributed by atoms with Crippen molar-refractivity contribution < 1.29 is 0 Å². The Kier molecular flexibility index (Phi) is 9.42. The molecule has 1 fully saturated rings. The Morgan fingerprint density at radius 2 is 1.77 bits per heavy atom. The maximum Gasteiger partial charge on any atom is 0.0626 e. The Morgan fingerprint density at radius 1 is 1.09 bits per heavy atom. The summed E-state index contributed by atoms with van der Waals surface area (Å²) in [5, 5.41) is 0. The quantitative estimate of drug-likeness (QED) is 0.484. The van der Waals surface area contributed by atoms with Crippen LogP contribution < -0.4 is 0 Å². The van der Waals surface area contributed by atoms with Gasteiger partial charge in [0, 0.05) is 11.6 Å². The third-order valence-electron chi connectivity index (χ3n) is 5.08. The van der Waals surface area contributed by atoms with Crippen LogP contribution in [0.15, 0.2) is 0 Å². The molecule has 3 heteroatoms. The zero-order valence-electron chi connectivity index (χ0n) is 15.8. The normalized spacial score (nSPS) is 22.8. The third-order valence-corrected chi connectivity index (χ3v) is 5.40. The highest BCUT2D eigenvalue weighted by Gasteiger charge is 2.35. The highest BCUT2D eigenvalue weighted by Crippen LogP contribution is 2.29. The molecule has 0 aliphatic carbocycles. The molecule has 0 aromatic carbocycles. The fraction of sp³-hybridized carbons (Fsp3) is 1.00. The van der Waals surface area contributed by atoms with E-state index < -0.39 is 0 Å². The van der Waals surface area contributed by atoms with Gasteiger partial charge < -0.3 is 0 Å². The molecule has 0 bridgehead atoms. The van der Waals surface area contributed by atoms with Gasteiger partial charge in [-0.05, 0) is 72.7 Å². The van der Waals surface area contributed by atoms with Crippen LogP contribution in [-0.2, 0) is 0 Å². The minimum Gasteiger partial charge on any atom is -0.291 e. The average molecular weight is 329 g/mol. The fourth-order valence-electron chi connectivity index (χ4n) is 4.03. The smallest absolute Gasteiger partial charge is 0.0626 e. The summed E-state index contributed by atoms with van der Waals surface area (Å²) >= 11 is 4.31. The van der Waals surface area contributed by atoms with Crippen LogP contribution in [0.25, 0.3) is 0 Å². The number of hydrogen-bond donors (Lipinski definition) is 1. The first kappa shape index (κ1) is 20.3. The van der Waals surface area contributed by atoms with Gasteiger partial charge in [-0.15, -0.1) is 0 Å². The van der Waals surface area contributed by atoms with E-state index in [4.69, 9.17) is 0 Å². The Morgan fingerprint density at radius 3 is 2.41 bits per heavy atom. The first-order chi connectivity index (χ1) is 10.4. The fourth-order valence-corrected chi connectivity index (χ4v) is 4.26. The summed E-state index contributed by atoms with van der Waals surface area (Å²) in [6, 6.07) is 0.668. The van der Waals surface area contributed by atoms with Crippen LogP contribution in [0.5, 0.6) is 0 Å². The number of likely N-dealkylation sites (tertiary alicyclic amines) is 1. The molecule has 1 saturated heterocycles. The van der Waals surface area contributed by atoms with Crippen molar-refractivity contribution in [3.8, 4) is 0 Å². The lowest BCUT2D eigenvalue weighted by Crippen LogP contribution is -2.58. The monoisotopic (exact) mass is 328 g/mol. The largest absolute Gasteiger partial charge is 0.291 e. The molecule has 0 spiro atoms. The van der Waals surface area contributed by atoms with Gasteiger partial charge in [-0.2, -0.15) is 12.6 Å². The lowest BCUT2D eigenvalue weighted by molar-refractivity contribution is -0.0362. The molecule has 2 nitrogen and oxygen atoms in total. The molecule has 1 rings (SSSR count). The van der Waals surface area contributed by atoms with Crippen molar-refractivity contribution in [1.29, 1.82) is 0 Å². The summed E-state index contributed by atoms with van der Waals surface area (Å²) in [7, 11) is 2.33. The highest BCUT2D eigenvalue weighted by molar-refractivity contribution is 7.80. The predicted molar refractivity (Wildman–Crippen MR) is 103 cm³/mol. The SMILES string of the molecule is CC(CCCCCCS)N(C1CCCCCN1C)C(C)(C)C. The first-order valence-electron chi connectivity index (χ1n) is 9.47. The molecule has 0 amide bonds. The number of nitrogens with zero attached hydrogens (tertiary/aromatic N) is 2. The van der Waals surface area contributed by atoms with Gasteiger partial charge in [0.05, 0.1) is 6.17 Å². The minimum atomic E-state index is 0.244. The van der Waals surface area contributed by atoms with Gasteiger partial charge in [0.1, 0.15) is 0 Å².